The molecule has 0 heterocycles. The molecule has 1 atom stereocenters. The van der Waals surface area contributed by atoms with Crippen LogP contribution in [-0.2, 0) is 0 Å². The maximum absolute atomic E-state index is 11.9. The van der Waals surface area contributed by atoms with Gasteiger partial charge in [0.1, 0.15) is 5.75 Å². The van der Waals surface area contributed by atoms with Crippen LogP contribution in [0.4, 0.5) is 0 Å². The third-order valence-corrected chi connectivity index (χ3v) is 3.29. The lowest BCUT2D eigenvalue weighted by Crippen LogP contribution is -2.29. The molecule has 3 nitrogen and oxygen atoms in total. The van der Waals surface area contributed by atoms with Gasteiger partial charge in [-0.15, -0.1) is 11.6 Å². The Kier molecular flexibility index (Phi) is 5.78. The van der Waals surface area contributed by atoms with Gasteiger partial charge < -0.3 is 10.1 Å². The van der Waals surface area contributed by atoms with Gasteiger partial charge in [0.2, 0.25) is 0 Å². The van der Waals surface area contributed by atoms with Gasteiger partial charge in [-0.3, -0.25) is 4.79 Å². The number of rotatable bonds is 5. The van der Waals surface area contributed by atoms with Crippen molar-refractivity contribution in [3.05, 3.63) is 28.2 Å². The zero-order chi connectivity index (χ0) is 12.8. The molecule has 0 radical (unpaired) electrons. The van der Waals surface area contributed by atoms with Crippen molar-refractivity contribution in [2.24, 2.45) is 0 Å². The molecule has 94 valence electrons. The summed E-state index contributed by atoms with van der Waals surface area (Å²) in [4.78, 5) is 11.9. The predicted molar refractivity (Wildman–Crippen MR) is 73.0 cm³/mol. The van der Waals surface area contributed by atoms with E-state index >= 15 is 0 Å². The highest BCUT2D eigenvalue weighted by Crippen LogP contribution is 2.23. The topological polar surface area (TPSA) is 38.3 Å². The normalized spacial score (nSPS) is 12.0. The molecule has 0 spiro atoms. The molecule has 1 rings (SSSR count). The van der Waals surface area contributed by atoms with Crippen LogP contribution in [0.2, 0.25) is 0 Å². The summed E-state index contributed by atoms with van der Waals surface area (Å²) in [5.74, 6) is 0.368. The van der Waals surface area contributed by atoms with E-state index in [1.165, 1.54) is 7.11 Å². The molecule has 5 heteroatoms. The first-order chi connectivity index (χ1) is 8.08. The number of carbonyl (C=O) groups is 1. The fourth-order valence-corrected chi connectivity index (χ4v) is 1.71. The zero-order valence-corrected chi connectivity index (χ0v) is 12.1. The van der Waals surface area contributed by atoms with Crippen LogP contribution in [0.25, 0.3) is 0 Å². The minimum Gasteiger partial charge on any atom is -0.496 e. The minimum absolute atomic E-state index is 0.0413. The molecule has 1 unspecified atom stereocenters. The van der Waals surface area contributed by atoms with Crippen LogP contribution in [0.3, 0.4) is 0 Å². The van der Waals surface area contributed by atoms with Crippen molar-refractivity contribution in [1.29, 1.82) is 0 Å². The SMILES string of the molecule is CCC(Cl)CNC(=O)c1ccc(Br)cc1OC. The maximum Gasteiger partial charge on any atom is 0.255 e. The van der Waals surface area contributed by atoms with Gasteiger partial charge in [-0.2, -0.15) is 0 Å². The molecule has 0 aromatic heterocycles. The first-order valence-corrected chi connectivity index (χ1v) is 6.57. The first kappa shape index (κ1) is 14.3. The van der Waals surface area contributed by atoms with Crippen LogP contribution in [-0.4, -0.2) is 24.9 Å². The lowest BCUT2D eigenvalue weighted by Gasteiger charge is -2.11. The number of benzene rings is 1. The van der Waals surface area contributed by atoms with E-state index in [-0.39, 0.29) is 11.3 Å². The van der Waals surface area contributed by atoms with Crippen molar-refractivity contribution in [2.45, 2.75) is 18.7 Å². The number of hydrogen-bond acceptors (Lipinski definition) is 2. The lowest BCUT2D eigenvalue weighted by atomic mass is 10.2. The summed E-state index contributed by atoms with van der Waals surface area (Å²) in [5, 5.41) is 2.74. The van der Waals surface area contributed by atoms with E-state index in [4.69, 9.17) is 16.3 Å². The van der Waals surface area contributed by atoms with Gasteiger partial charge in [0.25, 0.3) is 5.91 Å². The van der Waals surface area contributed by atoms with Crippen LogP contribution in [0.1, 0.15) is 23.7 Å². The summed E-state index contributed by atoms with van der Waals surface area (Å²) in [6.45, 7) is 2.43. The van der Waals surface area contributed by atoms with Crippen LogP contribution >= 0.6 is 27.5 Å². The Bertz CT molecular complexity index is 398. The van der Waals surface area contributed by atoms with E-state index in [2.05, 4.69) is 21.2 Å². The highest BCUT2D eigenvalue weighted by molar-refractivity contribution is 9.10. The van der Waals surface area contributed by atoms with Crippen LogP contribution < -0.4 is 10.1 Å². The molecule has 0 aliphatic rings. The van der Waals surface area contributed by atoms with Crippen LogP contribution in [0.5, 0.6) is 5.75 Å². The molecule has 0 fully saturated rings. The summed E-state index contributed by atoms with van der Waals surface area (Å²) in [6.07, 6.45) is 0.819. The number of alkyl halides is 1. The Labute approximate surface area is 115 Å². The number of amides is 1. The van der Waals surface area contributed by atoms with Gasteiger partial charge in [0, 0.05) is 11.0 Å². The summed E-state index contributed by atoms with van der Waals surface area (Å²) < 4.78 is 6.03. The van der Waals surface area contributed by atoms with Gasteiger partial charge >= 0.3 is 0 Å². The second-order valence-electron chi connectivity index (χ2n) is 3.56. The molecule has 1 aromatic rings. The Balaban J connectivity index is 2.75. The van der Waals surface area contributed by atoms with E-state index in [1.54, 1.807) is 18.2 Å². The molecular formula is C12H15BrClNO2. The molecule has 1 amide bonds. The summed E-state index contributed by atoms with van der Waals surface area (Å²) >= 11 is 9.27. The van der Waals surface area contributed by atoms with Crippen molar-refractivity contribution in [2.75, 3.05) is 13.7 Å². The van der Waals surface area contributed by atoms with Gasteiger partial charge in [0.05, 0.1) is 18.1 Å². The molecule has 0 bridgehead atoms. The highest BCUT2D eigenvalue weighted by atomic mass is 79.9. The quantitative estimate of drug-likeness (QED) is 0.846. The molecular weight excluding hydrogens is 305 g/mol. The van der Waals surface area contributed by atoms with Crippen molar-refractivity contribution >= 4 is 33.4 Å². The fraction of sp³-hybridized carbons (Fsp3) is 0.417. The van der Waals surface area contributed by atoms with Crippen LogP contribution in [0.15, 0.2) is 22.7 Å². The third-order valence-electron chi connectivity index (χ3n) is 2.34. The number of ether oxygens (including phenoxy) is 1. The van der Waals surface area contributed by atoms with E-state index < -0.39 is 0 Å². The number of methoxy groups -OCH3 is 1. The summed E-state index contributed by atoms with van der Waals surface area (Å²) in [7, 11) is 1.54. The molecule has 0 saturated carbocycles. The largest absolute Gasteiger partial charge is 0.496 e. The summed E-state index contributed by atoms with van der Waals surface area (Å²) in [5.41, 5.74) is 0.510. The molecule has 0 aliphatic carbocycles. The maximum atomic E-state index is 11.9. The Morgan fingerprint density at radius 3 is 2.88 bits per heavy atom. The first-order valence-electron chi connectivity index (χ1n) is 5.34. The third kappa shape index (κ3) is 4.21. The molecule has 0 aliphatic heterocycles. The smallest absolute Gasteiger partial charge is 0.255 e. The molecule has 17 heavy (non-hydrogen) atoms. The zero-order valence-electron chi connectivity index (χ0n) is 9.80. The predicted octanol–water partition coefficient (Wildman–Crippen LogP) is 3.20. The Hall–Kier alpha value is -0.740. The number of carbonyl (C=O) groups excluding carboxylic acids is 1. The van der Waals surface area contributed by atoms with Crippen LogP contribution in [0, 0.1) is 0 Å². The van der Waals surface area contributed by atoms with Crippen molar-refractivity contribution in [3.8, 4) is 5.75 Å². The number of halogens is 2. The van der Waals surface area contributed by atoms with E-state index in [1.807, 2.05) is 6.92 Å². The molecule has 1 N–H and O–H groups in total. The van der Waals surface area contributed by atoms with Crippen molar-refractivity contribution in [3.63, 3.8) is 0 Å². The van der Waals surface area contributed by atoms with E-state index in [0.29, 0.717) is 17.9 Å². The highest BCUT2D eigenvalue weighted by Gasteiger charge is 2.13. The van der Waals surface area contributed by atoms with E-state index in [9.17, 15) is 4.79 Å². The lowest BCUT2D eigenvalue weighted by molar-refractivity contribution is 0.0950. The standard InChI is InChI=1S/C12H15BrClNO2/c1-3-9(14)7-15-12(16)10-5-4-8(13)6-11(10)17-2/h4-6,9H,3,7H2,1-2H3,(H,15,16). The average Bonchev–Trinajstić information content (AvgIpc) is 2.35. The number of nitrogens with one attached hydrogen (secondary N) is 1. The van der Waals surface area contributed by atoms with Crippen molar-refractivity contribution < 1.29 is 9.53 Å². The van der Waals surface area contributed by atoms with Crippen molar-refractivity contribution in [1.82, 2.24) is 5.32 Å². The fourth-order valence-electron chi connectivity index (χ4n) is 1.30. The van der Waals surface area contributed by atoms with Gasteiger partial charge in [-0.25, -0.2) is 0 Å². The number of hydrogen-bond donors (Lipinski definition) is 1. The minimum atomic E-state index is -0.173. The van der Waals surface area contributed by atoms with Gasteiger partial charge in [0.15, 0.2) is 0 Å². The Morgan fingerprint density at radius 2 is 2.29 bits per heavy atom. The van der Waals surface area contributed by atoms with Gasteiger partial charge in [-0.1, -0.05) is 22.9 Å². The molecule has 0 saturated heterocycles. The summed E-state index contributed by atoms with van der Waals surface area (Å²) in [6, 6.07) is 5.27. The van der Waals surface area contributed by atoms with Gasteiger partial charge in [-0.05, 0) is 24.6 Å². The average molecular weight is 321 g/mol. The Morgan fingerprint density at radius 1 is 1.59 bits per heavy atom. The van der Waals surface area contributed by atoms with E-state index in [0.717, 1.165) is 10.9 Å². The second-order valence-corrected chi connectivity index (χ2v) is 5.09. The monoisotopic (exact) mass is 319 g/mol. The second kappa shape index (κ2) is 6.87. The molecule has 1 aromatic carbocycles.